The van der Waals surface area contributed by atoms with E-state index in [-0.39, 0.29) is 5.84 Å². The summed E-state index contributed by atoms with van der Waals surface area (Å²) in [7, 11) is -2.80. The van der Waals surface area contributed by atoms with E-state index in [1.54, 1.807) is 36.5 Å². The molecular weight excluding hydrogens is 429 g/mol. The molecule has 4 nitrogen and oxygen atoms in total. The lowest BCUT2D eigenvalue weighted by Crippen LogP contribution is -2.34. The van der Waals surface area contributed by atoms with Crippen LogP contribution in [0.1, 0.15) is 11.3 Å². The van der Waals surface area contributed by atoms with Crippen LogP contribution < -0.4 is 0 Å². The van der Waals surface area contributed by atoms with Crippen molar-refractivity contribution in [2.24, 2.45) is 4.99 Å². The lowest BCUT2D eigenvalue weighted by atomic mass is 9.98. The summed E-state index contributed by atoms with van der Waals surface area (Å²) >= 11 is 6.10. The number of aromatic nitrogens is 2. The third-order valence-electron chi connectivity index (χ3n) is 5.18. The normalized spacial score (nSPS) is 16.2. The van der Waals surface area contributed by atoms with Crippen molar-refractivity contribution in [1.29, 1.82) is 0 Å². The monoisotopic (exact) mass is 444 g/mol. The highest BCUT2D eigenvalue weighted by atomic mass is 35.5. The molecule has 0 fully saturated rings. The number of para-hydroxylation sites is 1. The SMILES string of the molecule is FB(F)N1C(=Nc2cccc3cccnc23)C=C/C1=C(\c1ccccc1)c1ccc(Cl)[nH]1. The van der Waals surface area contributed by atoms with E-state index >= 15 is 0 Å². The number of benzene rings is 2. The molecule has 3 heterocycles. The first-order chi connectivity index (χ1) is 15.6. The van der Waals surface area contributed by atoms with E-state index in [0.717, 1.165) is 15.8 Å². The largest absolute Gasteiger partial charge is 0.679 e. The van der Waals surface area contributed by atoms with E-state index < -0.39 is 7.40 Å². The molecule has 32 heavy (non-hydrogen) atoms. The summed E-state index contributed by atoms with van der Waals surface area (Å²) in [6.07, 6.45) is 4.91. The Morgan fingerprint density at radius 2 is 1.75 bits per heavy atom. The minimum Gasteiger partial charge on any atom is -0.346 e. The maximum absolute atomic E-state index is 14.4. The minimum atomic E-state index is -2.80. The second kappa shape index (κ2) is 8.44. The molecule has 1 aliphatic rings. The summed E-state index contributed by atoms with van der Waals surface area (Å²) in [6.45, 7) is 0. The molecule has 0 saturated carbocycles. The van der Waals surface area contributed by atoms with Gasteiger partial charge >= 0.3 is 7.40 Å². The number of rotatable bonds is 4. The molecule has 2 aromatic carbocycles. The fourth-order valence-electron chi connectivity index (χ4n) is 3.80. The first-order valence-electron chi connectivity index (χ1n) is 9.94. The molecule has 0 bridgehead atoms. The second-order valence-electron chi connectivity index (χ2n) is 7.15. The molecule has 0 unspecified atom stereocenters. The van der Waals surface area contributed by atoms with Gasteiger partial charge in [0.15, 0.2) is 0 Å². The number of amidine groups is 1. The van der Waals surface area contributed by atoms with Crippen LogP contribution in [0, 0.1) is 0 Å². The van der Waals surface area contributed by atoms with E-state index in [0.29, 0.717) is 33.3 Å². The third-order valence-corrected chi connectivity index (χ3v) is 5.40. The molecule has 0 saturated heterocycles. The Hall–Kier alpha value is -3.71. The quantitative estimate of drug-likeness (QED) is 0.365. The number of fused-ring (bicyclic) bond motifs is 1. The fourth-order valence-corrected chi connectivity index (χ4v) is 3.96. The number of hydrogen-bond donors (Lipinski definition) is 1. The predicted molar refractivity (Wildman–Crippen MR) is 126 cm³/mol. The molecule has 8 heteroatoms. The van der Waals surface area contributed by atoms with Crippen LogP contribution in [-0.2, 0) is 0 Å². The van der Waals surface area contributed by atoms with Crippen molar-refractivity contribution >= 4 is 47.0 Å². The molecule has 0 spiro atoms. The van der Waals surface area contributed by atoms with Crippen LogP contribution in [0.15, 0.2) is 102 Å². The Morgan fingerprint density at radius 3 is 2.50 bits per heavy atom. The Labute approximate surface area is 188 Å². The first-order valence-corrected chi connectivity index (χ1v) is 10.3. The van der Waals surface area contributed by atoms with E-state index in [1.807, 2.05) is 54.6 Å². The van der Waals surface area contributed by atoms with Crippen LogP contribution in [0.5, 0.6) is 0 Å². The maximum atomic E-state index is 14.4. The van der Waals surface area contributed by atoms with Crippen molar-refractivity contribution in [3.05, 3.63) is 113 Å². The number of H-pyrrole nitrogens is 1. The number of pyridine rings is 1. The average Bonchev–Trinajstić information content (AvgIpc) is 3.42. The van der Waals surface area contributed by atoms with Crippen LogP contribution in [0.2, 0.25) is 5.15 Å². The number of nitrogens with zero attached hydrogens (tertiary/aromatic N) is 3. The zero-order chi connectivity index (χ0) is 22.1. The smallest absolute Gasteiger partial charge is 0.346 e. The molecule has 4 aromatic rings. The molecular formula is C24H16BClF2N4. The number of halogens is 3. The molecule has 5 rings (SSSR count). The Kier molecular flexibility index (Phi) is 5.33. The van der Waals surface area contributed by atoms with Crippen LogP contribution in [0.25, 0.3) is 16.5 Å². The lowest BCUT2D eigenvalue weighted by Gasteiger charge is -2.21. The van der Waals surface area contributed by atoms with Gasteiger partial charge in [-0.05, 0) is 42.0 Å². The van der Waals surface area contributed by atoms with Crippen LogP contribution in [0.3, 0.4) is 0 Å². The minimum absolute atomic E-state index is 0.138. The Morgan fingerprint density at radius 1 is 0.938 bits per heavy atom. The molecule has 0 amide bonds. The average molecular weight is 445 g/mol. The van der Waals surface area contributed by atoms with Crippen molar-refractivity contribution in [2.45, 2.75) is 0 Å². The van der Waals surface area contributed by atoms with Crippen molar-refractivity contribution in [1.82, 2.24) is 14.8 Å². The highest BCUT2D eigenvalue weighted by molar-refractivity contribution is 6.46. The number of aliphatic imine (C=N–C) groups is 1. The van der Waals surface area contributed by atoms with Crippen molar-refractivity contribution in [3.8, 4) is 0 Å². The van der Waals surface area contributed by atoms with Gasteiger partial charge in [-0.15, -0.1) is 0 Å². The topological polar surface area (TPSA) is 44.3 Å². The van der Waals surface area contributed by atoms with E-state index in [1.165, 1.54) is 0 Å². The van der Waals surface area contributed by atoms with Crippen LogP contribution in [0.4, 0.5) is 14.3 Å². The molecule has 0 atom stereocenters. The van der Waals surface area contributed by atoms with E-state index in [4.69, 9.17) is 11.6 Å². The Balaban J connectivity index is 1.69. The van der Waals surface area contributed by atoms with Gasteiger partial charge in [-0.3, -0.25) is 13.6 Å². The highest BCUT2D eigenvalue weighted by Crippen LogP contribution is 2.34. The zero-order valence-electron chi connectivity index (χ0n) is 16.7. The van der Waals surface area contributed by atoms with Gasteiger partial charge in [-0.2, -0.15) is 0 Å². The third kappa shape index (κ3) is 3.72. The number of aromatic amines is 1. The molecule has 0 aliphatic carbocycles. The number of allylic oxidation sites excluding steroid dienone is 1. The molecule has 156 valence electrons. The zero-order valence-corrected chi connectivity index (χ0v) is 17.5. The van der Waals surface area contributed by atoms with Crippen molar-refractivity contribution in [3.63, 3.8) is 0 Å². The predicted octanol–water partition coefficient (Wildman–Crippen LogP) is 6.50. The first kappa shape index (κ1) is 20.2. The summed E-state index contributed by atoms with van der Waals surface area (Å²) in [5.41, 5.74) is 3.54. The second-order valence-corrected chi connectivity index (χ2v) is 7.56. The van der Waals surface area contributed by atoms with Crippen molar-refractivity contribution in [2.75, 3.05) is 0 Å². The van der Waals surface area contributed by atoms with Gasteiger partial charge in [0, 0.05) is 28.5 Å². The number of hydrogen-bond acceptors (Lipinski definition) is 2. The van der Waals surface area contributed by atoms with Gasteiger partial charge in [-0.25, -0.2) is 4.99 Å². The van der Waals surface area contributed by atoms with Gasteiger partial charge in [0.1, 0.15) is 11.0 Å². The molecule has 2 aromatic heterocycles. The summed E-state index contributed by atoms with van der Waals surface area (Å²) in [4.78, 5) is 12.9. The molecule has 0 radical (unpaired) electrons. The van der Waals surface area contributed by atoms with E-state index in [2.05, 4.69) is 15.0 Å². The summed E-state index contributed by atoms with van der Waals surface area (Å²) < 4.78 is 28.7. The van der Waals surface area contributed by atoms with Gasteiger partial charge < -0.3 is 9.79 Å². The highest BCUT2D eigenvalue weighted by Gasteiger charge is 2.35. The van der Waals surface area contributed by atoms with Gasteiger partial charge in [0.2, 0.25) is 0 Å². The number of nitrogens with one attached hydrogen (secondary N) is 1. The Bertz CT molecular complexity index is 1370. The summed E-state index contributed by atoms with van der Waals surface area (Å²) in [5.74, 6) is 0.138. The van der Waals surface area contributed by atoms with Crippen molar-refractivity contribution < 1.29 is 8.63 Å². The summed E-state index contributed by atoms with van der Waals surface area (Å²) in [5, 5.41) is 1.32. The van der Waals surface area contributed by atoms with Gasteiger partial charge in [-0.1, -0.05) is 60.1 Å². The standard InChI is InChI=1S/C24H16BClF2N4/c26-21-13-11-18(30-21)23(16-6-2-1-3-7-16)20-12-14-22(32(20)25(27)28)31-19-10-4-8-17-9-5-15-29-24(17)19/h1-15,30H/b23-20-,31-22?. The fraction of sp³-hybridized carbons (Fsp3) is 0. The maximum Gasteiger partial charge on any atom is 0.679 e. The molecule has 1 N–H and O–H groups in total. The molecule has 1 aliphatic heterocycles. The van der Waals surface area contributed by atoms with Crippen LogP contribution in [-0.4, -0.2) is 28.0 Å². The van der Waals surface area contributed by atoms with Crippen LogP contribution >= 0.6 is 11.6 Å². The van der Waals surface area contributed by atoms with E-state index in [9.17, 15) is 8.63 Å². The lowest BCUT2D eigenvalue weighted by molar-refractivity contribution is 0.555. The summed E-state index contributed by atoms with van der Waals surface area (Å²) in [6, 6.07) is 22.1. The van der Waals surface area contributed by atoms with Gasteiger partial charge in [0.05, 0.1) is 11.2 Å². The van der Waals surface area contributed by atoms with Gasteiger partial charge in [0.25, 0.3) is 0 Å².